The predicted molar refractivity (Wildman–Crippen MR) is 78.9 cm³/mol. The van der Waals surface area contributed by atoms with Crippen molar-refractivity contribution < 1.29 is 19.4 Å². The molecule has 2 unspecified atom stereocenters. The molecule has 0 radical (unpaired) electrons. The molecule has 21 heavy (non-hydrogen) atoms. The van der Waals surface area contributed by atoms with Gasteiger partial charge in [-0.15, -0.1) is 0 Å². The first kappa shape index (κ1) is 16.3. The van der Waals surface area contributed by atoms with E-state index in [1.165, 1.54) is 0 Å². The fourth-order valence-electron chi connectivity index (χ4n) is 3.68. The molecule has 0 aromatic rings. The first-order valence-corrected chi connectivity index (χ1v) is 8.14. The number of hydrogen-bond acceptors (Lipinski definition) is 3. The highest BCUT2D eigenvalue weighted by atomic mass is 16.5. The molecule has 0 spiro atoms. The van der Waals surface area contributed by atoms with Crippen LogP contribution < -0.4 is 5.32 Å². The molecule has 0 heterocycles. The van der Waals surface area contributed by atoms with E-state index in [1.807, 2.05) is 13.8 Å². The molecule has 120 valence electrons. The smallest absolute Gasteiger partial charge is 0.329 e. The van der Waals surface area contributed by atoms with Gasteiger partial charge in [0.05, 0.1) is 6.10 Å². The maximum atomic E-state index is 12.2. The van der Waals surface area contributed by atoms with Crippen molar-refractivity contribution in [3.05, 3.63) is 0 Å². The highest BCUT2D eigenvalue weighted by Gasteiger charge is 2.46. The summed E-state index contributed by atoms with van der Waals surface area (Å²) in [4.78, 5) is 23.9. The molecule has 0 aromatic carbocycles. The van der Waals surface area contributed by atoms with Gasteiger partial charge in [0.25, 0.3) is 0 Å². The van der Waals surface area contributed by atoms with Gasteiger partial charge in [0.1, 0.15) is 5.54 Å². The summed E-state index contributed by atoms with van der Waals surface area (Å²) in [6.45, 7) is 4.62. The topological polar surface area (TPSA) is 75.6 Å². The zero-order valence-corrected chi connectivity index (χ0v) is 13.1. The van der Waals surface area contributed by atoms with Crippen LogP contribution in [0.4, 0.5) is 0 Å². The summed E-state index contributed by atoms with van der Waals surface area (Å²) in [5.41, 5.74) is -1.06. The van der Waals surface area contributed by atoms with Gasteiger partial charge in [-0.05, 0) is 44.4 Å². The third-order valence-corrected chi connectivity index (χ3v) is 5.11. The average molecular weight is 297 g/mol. The van der Waals surface area contributed by atoms with Crippen molar-refractivity contribution in [3.63, 3.8) is 0 Å². The lowest BCUT2D eigenvalue weighted by atomic mass is 9.73. The third kappa shape index (κ3) is 3.57. The minimum atomic E-state index is -1.06. The Bertz CT molecular complexity index is 392. The van der Waals surface area contributed by atoms with Crippen LogP contribution in [-0.4, -0.2) is 35.2 Å². The number of hydrogen-bond donors (Lipinski definition) is 2. The number of amides is 1. The van der Waals surface area contributed by atoms with E-state index in [1.54, 1.807) is 0 Å². The lowest BCUT2D eigenvalue weighted by molar-refractivity contribution is -0.152. The highest BCUT2D eigenvalue weighted by molar-refractivity contribution is 5.87. The van der Waals surface area contributed by atoms with Crippen LogP contribution in [-0.2, 0) is 14.3 Å². The van der Waals surface area contributed by atoms with Crippen LogP contribution in [0.3, 0.4) is 0 Å². The monoisotopic (exact) mass is 297 g/mol. The maximum absolute atomic E-state index is 12.2. The molecule has 0 aromatic heterocycles. The van der Waals surface area contributed by atoms with E-state index in [0.717, 1.165) is 32.1 Å². The lowest BCUT2D eigenvalue weighted by Crippen LogP contribution is -2.60. The standard InChI is InChI=1S/C16H27NO4/c1-3-21-13-8-12(9-13)10-14(18)17-16(15(19)20)7-5-4-6-11(16)2/h11-13H,3-10H2,1-2H3,(H,17,18)(H,19,20). The highest BCUT2D eigenvalue weighted by Crippen LogP contribution is 2.36. The average Bonchev–Trinajstić information content (AvgIpc) is 2.39. The molecule has 0 aliphatic heterocycles. The Balaban J connectivity index is 1.86. The number of ether oxygens (including phenoxy) is 1. The van der Waals surface area contributed by atoms with Crippen LogP contribution in [0.1, 0.15) is 58.8 Å². The first-order valence-electron chi connectivity index (χ1n) is 8.14. The van der Waals surface area contributed by atoms with Gasteiger partial charge in [-0.25, -0.2) is 4.79 Å². The second-order valence-electron chi connectivity index (χ2n) is 6.59. The van der Waals surface area contributed by atoms with Gasteiger partial charge >= 0.3 is 5.97 Å². The zero-order valence-electron chi connectivity index (χ0n) is 13.1. The van der Waals surface area contributed by atoms with Crippen molar-refractivity contribution in [1.82, 2.24) is 5.32 Å². The summed E-state index contributed by atoms with van der Waals surface area (Å²) in [5.74, 6) is -0.675. The van der Waals surface area contributed by atoms with Crippen molar-refractivity contribution >= 4 is 11.9 Å². The first-order chi connectivity index (χ1) is 9.98. The summed E-state index contributed by atoms with van der Waals surface area (Å²) in [6.07, 6.45) is 5.86. The molecule has 5 heteroatoms. The van der Waals surface area contributed by atoms with Crippen molar-refractivity contribution in [2.45, 2.75) is 70.4 Å². The molecule has 2 rings (SSSR count). The second kappa shape index (κ2) is 6.77. The van der Waals surface area contributed by atoms with E-state index in [2.05, 4.69) is 5.32 Å². The van der Waals surface area contributed by atoms with E-state index in [0.29, 0.717) is 25.4 Å². The number of carboxylic acids is 1. The molecule has 2 saturated carbocycles. The van der Waals surface area contributed by atoms with Crippen LogP contribution in [0.5, 0.6) is 0 Å². The zero-order chi connectivity index (χ0) is 15.5. The van der Waals surface area contributed by atoms with Gasteiger partial charge in [0, 0.05) is 13.0 Å². The number of aliphatic carboxylic acids is 1. The minimum Gasteiger partial charge on any atom is -0.479 e. The Kier molecular flexibility index (Phi) is 5.25. The van der Waals surface area contributed by atoms with Crippen LogP contribution in [0, 0.1) is 11.8 Å². The Morgan fingerprint density at radius 1 is 1.33 bits per heavy atom. The van der Waals surface area contributed by atoms with E-state index < -0.39 is 11.5 Å². The maximum Gasteiger partial charge on any atom is 0.329 e. The predicted octanol–water partition coefficient (Wildman–Crippen LogP) is 2.34. The van der Waals surface area contributed by atoms with E-state index in [9.17, 15) is 14.7 Å². The van der Waals surface area contributed by atoms with Crippen LogP contribution in [0.25, 0.3) is 0 Å². The molecule has 2 aliphatic rings. The number of carbonyl (C=O) groups excluding carboxylic acids is 1. The number of nitrogens with one attached hydrogen (secondary N) is 1. The molecule has 2 atom stereocenters. The SMILES string of the molecule is CCOC1CC(CC(=O)NC2(C(=O)O)CCCCC2C)C1. The van der Waals surface area contributed by atoms with Gasteiger partial charge in [0.15, 0.2) is 0 Å². The molecular weight excluding hydrogens is 270 g/mol. The van der Waals surface area contributed by atoms with Crippen molar-refractivity contribution in [3.8, 4) is 0 Å². The quantitative estimate of drug-likeness (QED) is 0.789. The Labute approximate surface area is 126 Å². The number of rotatable bonds is 6. The van der Waals surface area contributed by atoms with E-state index in [4.69, 9.17) is 4.74 Å². The molecule has 1 amide bonds. The fraction of sp³-hybridized carbons (Fsp3) is 0.875. The summed E-state index contributed by atoms with van der Waals surface area (Å²) in [7, 11) is 0. The summed E-state index contributed by atoms with van der Waals surface area (Å²) in [5, 5.41) is 12.4. The summed E-state index contributed by atoms with van der Waals surface area (Å²) in [6, 6.07) is 0. The fourth-order valence-corrected chi connectivity index (χ4v) is 3.68. The van der Waals surface area contributed by atoms with Crippen molar-refractivity contribution in [1.29, 1.82) is 0 Å². The minimum absolute atomic E-state index is 0.00902. The van der Waals surface area contributed by atoms with Gasteiger partial charge in [-0.3, -0.25) is 4.79 Å². The Hall–Kier alpha value is -1.10. The van der Waals surface area contributed by atoms with Gasteiger partial charge in [-0.1, -0.05) is 19.8 Å². The molecule has 5 nitrogen and oxygen atoms in total. The molecule has 2 aliphatic carbocycles. The molecule has 2 fully saturated rings. The third-order valence-electron chi connectivity index (χ3n) is 5.11. The Morgan fingerprint density at radius 2 is 2.05 bits per heavy atom. The molecule has 2 N–H and O–H groups in total. The van der Waals surface area contributed by atoms with Crippen molar-refractivity contribution in [2.75, 3.05) is 6.61 Å². The summed E-state index contributed by atoms with van der Waals surface area (Å²) < 4.78 is 5.49. The van der Waals surface area contributed by atoms with E-state index in [-0.39, 0.29) is 17.9 Å². The summed E-state index contributed by atoms with van der Waals surface area (Å²) >= 11 is 0. The largest absolute Gasteiger partial charge is 0.479 e. The lowest BCUT2D eigenvalue weighted by Gasteiger charge is -2.40. The molecule has 0 saturated heterocycles. The van der Waals surface area contributed by atoms with Gasteiger partial charge in [0.2, 0.25) is 5.91 Å². The normalized spacial score (nSPS) is 35.8. The van der Waals surface area contributed by atoms with Gasteiger partial charge < -0.3 is 15.2 Å². The van der Waals surface area contributed by atoms with Crippen molar-refractivity contribution in [2.24, 2.45) is 11.8 Å². The number of carboxylic acid groups (broad SMARTS) is 1. The van der Waals surface area contributed by atoms with Crippen LogP contribution in [0.15, 0.2) is 0 Å². The molecular formula is C16H27NO4. The second-order valence-corrected chi connectivity index (χ2v) is 6.59. The Morgan fingerprint density at radius 3 is 2.62 bits per heavy atom. The number of carbonyl (C=O) groups is 2. The van der Waals surface area contributed by atoms with Crippen LogP contribution >= 0.6 is 0 Å². The van der Waals surface area contributed by atoms with E-state index >= 15 is 0 Å². The van der Waals surface area contributed by atoms with Gasteiger partial charge in [-0.2, -0.15) is 0 Å². The molecule has 0 bridgehead atoms. The van der Waals surface area contributed by atoms with Crippen LogP contribution in [0.2, 0.25) is 0 Å².